The van der Waals surface area contributed by atoms with Gasteiger partial charge in [-0.1, -0.05) is 101 Å². The number of carboxylic acids is 1. The molecule has 4 unspecified atom stereocenters. The summed E-state index contributed by atoms with van der Waals surface area (Å²) >= 11 is 2.02. The van der Waals surface area contributed by atoms with Gasteiger partial charge in [-0.2, -0.15) is 0 Å². The van der Waals surface area contributed by atoms with Crippen molar-refractivity contribution >= 4 is 51.2 Å². The highest BCUT2D eigenvalue weighted by Gasteiger charge is 2.78. The molecule has 0 aliphatic carbocycles. The van der Waals surface area contributed by atoms with Crippen molar-refractivity contribution in [2.75, 3.05) is 11.0 Å². The first-order valence-corrected chi connectivity index (χ1v) is 15.1. The van der Waals surface area contributed by atoms with E-state index in [0.29, 0.717) is 5.75 Å². The molecular weight excluding hydrogens is 631 g/mol. The molecule has 2 aliphatic heterocycles. The lowest BCUT2D eigenvalue weighted by atomic mass is 9.68. The van der Waals surface area contributed by atoms with Crippen LogP contribution in [0.5, 0.6) is 5.75 Å². The number of β-lactam (4-membered cyclic amide) rings is 1. The Bertz CT molecular complexity index is 1370. The second-order valence-electron chi connectivity index (χ2n) is 9.82. The Morgan fingerprint density at radius 2 is 1.51 bits per heavy atom. The number of ether oxygens (including phenoxy) is 1. The Labute approximate surface area is 242 Å². The Hall–Kier alpha value is -3.25. The van der Waals surface area contributed by atoms with Crippen LogP contribution >= 0.6 is 22.6 Å². The zero-order chi connectivity index (χ0) is 27.8. The Balaban J connectivity index is 1.64. The van der Waals surface area contributed by atoms with E-state index in [0.717, 1.165) is 11.1 Å². The molecule has 5 atom stereocenters. The largest absolute Gasteiger partial charge is 0.484 e. The van der Waals surface area contributed by atoms with Gasteiger partial charge in [-0.15, -0.1) is 0 Å². The molecule has 2 heterocycles. The summed E-state index contributed by atoms with van der Waals surface area (Å²) in [4.78, 5) is 41.4. The van der Waals surface area contributed by atoms with Crippen LogP contribution in [0.3, 0.4) is 0 Å². The zero-order valence-corrected chi connectivity index (χ0v) is 24.0. The first kappa shape index (κ1) is 27.3. The average molecular weight is 659 g/mol. The van der Waals surface area contributed by atoms with E-state index in [1.165, 1.54) is 4.90 Å². The maximum atomic E-state index is 14.3. The third kappa shape index (κ3) is 4.43. The van der Waals surface area contributed by atoms with Crippen molar-refractivity contribution in [1.29, 1.82) is 0 Å². The van der Waals surface area contributed by atoms with E-state index in [4.69, 9.17) is 4.74 Å². The molecule has 2 aliphatic rings. The van der Waals surface area contributed by atoms with Crippen LogP contribution < -0.4 is 10.1 Å². The molecular formula is C29H27IN2O6S. The van der Waals surface area contributed by atoms with Crippen LogP contribution in [0, 0.1) is 0 Å². The van der Waals surface area contributed by atoms with E-state index in [2.05, 4.69) is 5.32 Å². The fourth-order valence-electron chi connectivity index (χ4n) is 5.66. The predicted octanol–water partition coefficient (Wildman–Crippen LogP) is 3.33. The van der Waals surface area contributed by atoms with Crippen molar-refractivity contribution < 1.29 is 28.4 Å². The van der Waals surface area contributed by atoms with Gasteiger partial charge in [-0.3, -0.25) is 13.8 Å². The van der Waals surface area contributed by atoms with Gasteiger partial charge in [0.25, 0.3) is 11.8 Å². The smallest absolute Gasteiger partial charge is 0.328 e. The molecule has 8 nitrogen and oxygen atoms in total. The highest BCUT2D eigenvalue weighted by Crippen LogP contribution is 2.55. The first-order valence-electron chi connectivity index (χ1n) is 12.4. The highest BCUT2D eigenvalue weighted by atomic mass is 127. The van der Waals surface area contributed by atoms with Gasteiger partial charge in [0.2, 0.25) is 0 Å². The number of rotatable bonds is 9. The van der Waals surface area contributed by atoms with Gasteiger partial charge in [0.05, 0.1) is 15.5 Å². The Morgan fingerprint density at radius 1 is 1.00 bits per heavy atom. The lowest BCUT2D eigenvalue weighted by Crippen LogP contribution is -2.82. The van der Waals surface area contributed by atoms with Crippen LogP contribution in [-0.4, -0.2) is 64.7 Å². The molecule has 0 spiro atoms. The van der Waals surface area contributed by atoms with Crippen LogP contribution in [0.25, 0.3) is 0 Å². The topological polar surface area (TPSA) is 113 Å². The van der Waals surface area contributed by atoms with Gasteiger partial charge in [0.15, 0.2) is 12.1 Å². The van der Waals surface area contributed by atoms with Crippen molar-refractivity contribution in [2.45, 2.75) is 34.5 Å². The molecule has 0 aromatic heterocycles. The number of aliphatic carboxylic acids is 1. The van der Waals surface area contributed by atoms with Crippen molar-refractivity contribution in [1.82, 2.24) is 10.2 Å². The quantitative estimate of drug-likeness (QED) is 0.207. The summed E-state index contributed by atoms with van der Waals surface area (Å²) in [5, 5.41) is 12.0. The molecule has 39 heavy (non-hydrogen) atoms. The van der Waals surface area contributed by atoms with Gasteiger partial charge in [-0.05, 0) is 30.2 Å². The van der Waals surface area contributed by atoms with E-state index in [9.17, 15) is 23.7 Å². The lowest BCUT2D eigenvalue weighted by molar-refractivity contribution is -0.170. The number of carbonyl (C=O) groups excluding carboxylic acids is 2. The molecule has 2 N–H and O–H groups in total. The molecule has 0 saturated carbocycles. The van der Waals surface area contributed by atoms with Gasteiger partial charge in [0.1, 0.15) is 17.2 Å². The molecule has 2 amide bonds. The second kappa shape index (κ2) is 10.7. The maximum Gasteiger partial charge on any atom is 0.328 e. The summed E-state index contributed by atoms with van der Waals surface area (Å²) in [7, 11) is -1.82. The zero-order valence-electron chi connectivity index (χ0n) is 21.0. The Morgan fingerprint density at radius 3 is 2.00 bits per heavy atom. The number of nitrogens with zero attached hydrogens (tertiary/aromatic N) is 1. The average Bonchev–Trinajstić information content (AvgIpc) is 3.18. The SMILES string of the molecule is CC1(CI)C(C(=O)O)N2C(=O)C(NC(=O)COc3ccccc3)(C(c3ccccc3)c3ccccc3)[C@@H]2S1=O. The minimum absolute atomic E-state index is 0.247. The summed E-state index contributed by atoms with van der Waals surface area (Å²) in [5.74, 6) is -2.62. The van der Waals surface area contributed by atoms with Crippen molar-refractivity contribution in [2.24, 2.45) is 0 Å². The van der Waals surface area contributed by atoms with Crippen LogP contribution in [0.15, 0.2) is 91.0 Å². The van der Waals surface area contributed by atoms with Crippen LogP contribution in [0.4, 0.5) is 0 Å². The molecule has 2 fully saturated rings. The number of amides is 2. The summed E-state index contributed by atoms with van der Waals surface area (Å²) in [6.07, 6.45) is 0. The number of carbonyl (C=O) groups is 3. The highest BCUT2D eigenvalue weighted by molar-refractivity contribution is 14.1. The van der Waals surface area contributed by atoms with Gasteiger partial charge in [0, 0.05) is 10.3 Å². The van der Waals surface area contributed by atoms with Gasteiger partial charge < -0.3 is 20.1 Å². The monoisotopic (exact) mass is 658 g/mol. The summed E-state index contributed by atoms with van der Waals surface area (Å²) in [6.45, 7) is 1.26. The standard InChI is InChI=1S/C29H27IN2O6S/c1-28(18-30)24(25(34)35)32-26(36)29(27(32)39(28)37,31-22(33)17-38-21-15-9-4-10-16-21)23(19-11-5-2-6-12-19)20-13-7-3-8-14-20/h2-16,23-24,27H,17-18H2,1H3,(H,31,33)(H,34,35)/t24?,27-,28?,29?,39?/m0/s1. The predicted molar refractivity (Wildman–Crippen MR) is 155 cm³/mol. The molecule has 3 aromatic carbocycles. The first-order chi connectivity index (χ1) is 18.8. The third-order valence-corrected chi connectivity index (χ3v) is 11.8. The summed E-state index contributed by atoms with van der Waals surface area (Å²) < 4.78 is 18.9. The van der Waals surface area contributed by atoms with Gasteiger partial charge in [-0.25, -0.2) is 4.79 Å². The van der Waals surface area contributed by atoms with E-state index >= 15 is 0 Å². The lowest BCUT2D eigenvalue weighted by Gasteiger charge is -2.56. The molecule has 2 saturated heterocycles. The number of carboxylic acid groups (broad SMARTS) is 1. The Kier molecular flexibility index (Phi) is 7.51. The maximum absolute atomic E-state index is 14.3. The molecule has 0 radical (unpaired) electrons. The van der Waals surface area contributed by atoms with E-state index in [1.54, 1.807) is 31.2 Å². The molecule has 3 aromatic rings. The van der Waals surface area contributed by atoms with Crippen LogP contribution in [0.1, 0.15) is 24.0 Å². The minimum Gasteiger partial charge on any atom is -0.484 e. The molecule has 0 bridgehead atoms. The normalized spacial score (nSPS) is 27.5. The number of fused-ring (bicyclic) bond motifs is 1. The van der Waals surface area contributed by atoms with Gasteiger partial charge >= 0.3 is 5.97 Å². The van der Waals surface area contributed by atoms with Crippen LogP contribution in [-0.2, 0) is 25.2 Å². The minimum atomic E-state index is -1.82. The molecule has 202 valence electrons. The number of hydrogen-bond acceptors (Lipinski definition) is 5. The van der Waals surface area contributed by atoms with E-state index in [-0.39, 0.29) is 11.0 Å². The second-order valence-corrected chi connectivity index (χ2v) is 12.6. The summed E-state index contributed by atoms with van der Waals surface area (Å²) in [6, 6.07) is 26.0. The number of nitrogens with one attached hydrogen (secondary N) is 1. The van der Waals surface area contributed by atoms with Crippen LogP contribution in [0.2, 0.25) is 0 Å². The van der Waals surface area contributed by atoms with Crippen molar-refractivity contribution in [3.05, 3.63) is 102 Å². The number of benzene rings is 3. The number of halogens is 1. The fraction of sp³-hybridized carbons (Fsp3) is 0.276. The number of alkyl halides is 1. The number of para-hydroxylation sites is 1. The summed E-state index contributed by atoms with van der Waals surface area (Å²) in [5.41, 5.74) is -0.233. The molecule has 5 rings (SSSR count). The molecule has 10 heteroatoms. The fourth-order valence-corrected chi connectivity index (χ4v) is 9.11. The van der Waals surface area contributed by atoms with E-state index < -0.39 is 56.2 Å². The third-order valence-electron chi connectivity index (χ3n) is 7.43. The van der Waals surface area contributed by atoms with Crippen molar-refractivity contribution in [3.8, 4) is 5.75 Å². The van der Waals surface area contributed by atoms with E-state index in [1.807, 2.05) is 89.3 Å². The van der Waals surface area contributed by atoms with Crippen molar-refractivity contribution in [3.63, 3.8) is 0 Å². The number of hydrogen-bond donors (Lipinski definition) is 2.